The highest BCUT2D eigenvalue weighted by Gasteiger charge is 2.18. The molecule has 1 fully saturated rings. The number of benzene rings is 2. The molecule has 0 spiro atoms. The molecule has 0 unspecified atom stereocenters. The van der Waals surface area contributed by atoms with Gasteiger partial charge >= 0.3 is 0 Å². The first-order valence-electron chi connectivity index (χ1n) is 9.33. The van der Waals surface area contributed by atoms with E-state index in [0.29, 0.717) is 17.4 Å². The van der Waals surface area contributed by atoms with Crippen molar-refractivity contribution in [2.75, 3.05) is 25.0 Å². The molecule has 1 atom stereocenters. The highest BCUT2D eigenvalue weighted by atomic mass is 16.3. The third kappa shape index (κ3) is 3.77. The monoisotopic (exact) mass is 374 g/mol. The van der Waals surface area contributed by atoms with Gasteiger partial charge in [0.15, 0.2) is 5.82 Å². The van der Waals surface area contributed by atoms with Gasteiger partial charge in [-0.15, -0.1) is 0 Å². The predicted molar refractivity (Wildman–Crippen MR) is 110 cm³/mol. The molecule has 6 nitrogen and oxygen atoms in total. The summed E-state index contributed by atoms with van der Waals surface area (Å²) in [5, 5.41) is 27.1. The van der Waals surface area contributed by atoms with Crippen molar-refractivity contribution in [2.24, 2.45) is 0 Å². The number of aliphatic hydroxyl groups is 1. The van der Waals surface area contributed by atoms with E-state index in [1.807, 2.05) is 37.3 Å². The van der Waals surface area contributed by atoms with Crippen LogP contribution in [0.1, 0.15) is 17.5 Å². The Labute approximate surface area is 163 Å². The van der Waals surface area contributed by atoms with E-state index in [-0.39, 0.29) is 12.4 Å². The van der Waals surface area contributed by atoms with Crippen molar-refractivity contribution in [3.8, 4) is 29.0 Å². The Morgan fingerprint density at radius 3 is 2.89 bits per heavy atom. The van der Waals surface area contributed by atoms with E-state index in [1.165, 1.54) is 0 Å². The molecule has 0 saturated carbocycles. The Bertz CT molecular complexity index is 1080. The van der Waals surface area contributed by atoms with Gasteiger partial charge in [0.25, 0.3) is 0 Å². The molecular weight excluding hydrogens is 352 g/mol. The number of rotatable bonds is 3. The van der Waals surface area contributed by atoms with Gasteiger partial charge in [-0.2, -0.15) is 0 Å². The summed E-state index contributed by atoms with van der Waals surface area (Å²) in [5.41, 5.74) is 3.13. The summed E-state index contributed by atoms with van der Waals surface area (Å²) in [5.74, 6) is 6.94. The lowest BCUT2D eigenvalue weighted by Gasteiger charge is -2.16. The van der Waals surface area contributed by atoms with Crippen LogP contribution >= 0.6 is 0 Å². The fraction of sp³-hybridized carbons (Fsp3) is 0.273. The van der Waals surface area contributed by atoms with Crippen LogP contribution in [0.2, 0.25) is 0 Å². The van der Waals surface area contributed by atoms with Crippen LogP contribution in [0.25, 0.3) is 22.3 Å². The summed E-state index contributed by atoms with van der Waals surface area (Å²) in [7, 11) is 0. The van der Waals surface area contributed by atoms with Crippen LogP contribution in [0.15, 0.2) is 36.4 Å². The second-order valence-corrected chi connectivity index (χ2v) is 6.94. The molecule has 1 aliphatic heterocycles. The quantitative estimate of drug-likeness (QED) is 0.527. The molecule has 1 aromatic heterocycles. The Morgan fingerprint density at radius 1 is 1.21 bits per heavy atom. The fourth-order valence-electron chi connectivity index (χ4n) is 3.38. The molecule has 0 radical (unpaired) electrons. The van der Waals surface area contributed by atoms with Crippen LogP contribution in [-0.4, -0.2) is 45.9 Å². The number of aromatic nitrogens is 2. The number of anilines is 1. The second kappa shape index (κ2) is 7.85. The molecule has 0 amide bonds. The van der Waals surface area contributed by atoms with E-state index < -0.39 is 0 Å². The maximum absolute atomic E-state index is 10.3. The number of nitrogens with zero attached hydrogens (tertiary/aromatic N) is 2. The maximum Gasteiger partial charge on any atom is 0.165 e. The number of hydrogen-bond acceptors (Lipinski definition) is 6. The summed E-state index contributed by atoms with van der Waals surface area (Å²) < 4.78 is 0. The van der Waals surface area contributed by atoms with Crippen LogP contribution in [0, 0.1) is 18.8 Å². The van der Waals surface area contributed by atoms with Crippen molar-refractivity contribution in [1.29, 1.82) is 0 Å². The molecule has 142 valence electrons. The van der Waals surface area contributed by atoms with E-state index >= 15 is 0 Å². The zero-order valence-corrected chi connectivity index (χ0v) is 15.7. The summed E-state index contributed by atoms with van der Waals surface area (Å²) >= 11 is 0. The van der Waals surface area contributed by atoms with Gasteiger partial charge in [-0.05, 0) is 50.2 Å². The Balaban J connectivity index is 1.87. The molecule has 0 bridgehead atoms. The molecule has 0 aliphatic carbocycles. The number of aromatic hydroxyl groups is 1. The average molecular weight is 374 g/mol. The Hall–Kier alpha value is -3.14. The molecule has 6 heteroatoms. The van der Waals surface area contributed by atoms with Crippen molar-refractivity contribution in [3.63, 3.8) is 0 Å². The largest absolute Gasteiger partial charge is 0.507 e. The minimum absolute atomic E-state index is 0.148. The fourth-order valence-corrected chi connectivity index (χ4v) is 3.38. The number of phenolic OH excluding ortho intramolecular Hbond substituents is 1. The van der Waals surface area contributed by atoms with Crippen LogP contribution in [0.4, 0.5) is 5.82 Å². The minimum atomic E-state index is -0.189. The van der Waals surface area contributed by atoms with Crippen LogP contribution < -0.4 is 10.6 Å². The second-order valence-electron chi connectivity index (χ2n) is 6.94. The predicted octanol–water partition coefficient (Wildman–Crippen LogP) is 2.43. The topological polar surface area (TPSA) is 90.3 Å². The van der Waals surface area contributed by atoms with Gasteiger partial charge in [0.1, 0.15) is 18.2 Å². The zero-order chi connectivity index (χ0) is 19.5. The van der Waals surface area contributed by atoms with Gasteiger partial charge in [-0.25, -0.2) is 9.97 Å². The number of aryl methyl sites for hydroxylation is 1. The van der Waals surface area contributed by atoms with E-state index in [4.69, 9.17) is 15.1 Å². The minimum Gasteiger partial charge on any atom is -0.507 e. The highest BCUT2D eigenvalue weighted by molar-refractivity contribution is 5.92. The summed E-state index contributed by atoms with van der Waals surface area (Å²) in [4.78, 5) is 9.44. The SMILES string of the molecule is Cc1ccc(O)c(-c2nc(N[C@H]3CCNC3)c3ccc(C#CCO)cc3n2)c1. The molecule has 3 aromatic rings. The molecule has 28 heavy (non-hydrogen) atoms. The maximum atomic E-state index is 10.3. The van der Waals surface area contributed by atoms with Gasteiger partial charge in [0, 0.05) is 23.5 Å². The molecular formula is C22H22N4O2. The van der Waals surface area contributed by atoms with Gasteiger partial charge in [0.2, 0.25) is 0 Å². The normalized spacial score (nSPS) is 16.0. The van der Waals surface area contributed by atoms with Crippen molar-refractivity contribution >= 4 is 16.7 Å². The lowest BCUT2D eigenvalue weighted by molar-refractivity contribution is 0.350. The number of fused-ring (bicyclic) bond motifs is 1. The van der Waals surface area contributed by atoms with Gasteiger partial charge in [0.05, 0.1) is 11.1 Å². The van der Waals surface area contributed by atoms with Crippen LogP contribution in [-0.2, 0) is 0 Å². The first-order chi connectivity index (χ1) is 13.6. The highest BCUT2D eigenvalue weighted by Crippen LogP contribution is 2.31. The molecule has 4 rings (SSSR count). The number of aliphatic hydroxyl groups excluding tert-OH is 1. The van der Waals surface area contributed by atoms with Gasteiger partial charge in [-0.1, -0.05) is 23.5 Å². The van der Waals surface area contributed by atoms with Gasteiger partial charge < -0.3 is 20.8 Å². The third-order valence-electron chi connectivity index (χ3n) is 4.80. The molecule has 4 N–H and O–H groups in total. The molecule has 1 saturated heterocycles. The van der Waals surface area contributed by atoms with Crippen LogP contribution in [0.3, 0.4) is 0 Å². The number of hydrogen-bond donors (Lipinski definition) is 4. The number of nitrogens with one attached hydrogen (secondary N) is 2. The zero-order valence-electron chi connectivity index (χ0n) is 15.7. The van der Waals surface area contributed by atoms with Crippen molar-refractivity contribution in [2.45, 2.75) is 19.4 Å². The van der Waals surface area contributed by atoms with E-state index in [2.05, 4.69) is 22.5 Å². The summed E-state index contributed by atoms with van der Waals surface area (Å²) in [6.07, 6.45) is 1.02. The van der Waals surface area contributed by atoms with E-state index in [9.17, 15) is 5.11 Å². The van der Waals surface area contributed by atoms with Crippen LogP contribution in [0.5, 0.6) is 5.75 Å². The first-order valence-corrected chi connectivity index (χ1v) is 9.33. The Morgan fingerprint density at radius 2 is 2.11 bits per heavy atom. The third-order valence-corrected chi connectivity index (χ3v) is 4.80. The number of phenols is 1. The van der Waals surface area contributed by atoms with E-state index in [1.54, 1.807) is 6.07 Å². The summed E-state index contributed by atoms with van der Waals surface area (Å²) in [6.45, 7) is 3.64. The first kappa shape index (κ1) is 18.2. The molecule has 2 aromatic carbocycles. The smallest absolute Gasteiger partial charge is 0.165 e. The lowest BCUT2D eigenvalue weighted by Crippen LogP contribution is -2.23. The Kier molecular flexibility index (Phi) is 5.11. The van der Waals surface area contributed by atoms with E-state index in [0.717, 1.165) is 47.4 Å². The van der Waals surface area contributed by atoms with Crippen molar-refractivity contribution in [1.82, 2.24) is 15.3 Å². The van der Waals surface area contributed by atoms with Crippen molar-refractivity contribution < 1.29 is 10.2 Å². The molecule has 2 heterocycles. The van der Waals surface area contributed by atoms with Gasteiger partial charge in [-0.3, -0.25) is 0 Å². The lowest BCUT2D eigenvalue weighted by atomic mass is 10.1. The average Bonchev–Trinajstić information content (AvgIpc) is 3.21. The standard InChI is InChI=1S/C22H22N4O2/c1-14-4-7-20(28)18(11-14)22-25-19-12-15(3-2-10-27)5-6-17(19)21(26-22)24-16-8-9-23-13-16/h4-7,11-12,16,23,27-28H,8-10,13H2,1H3,(H,24,25,26)/t16-/m0/s1. The summed E-state index contributed by atoms with van der Waals surface area (Å²) in [6, 6.07) is 11.4. The molecule has 1 aliphatic rings. The van der Waals surface area contributed by atoms with Crippen molar-refractivity contribution in [3.05, 3.63) is 47.5 Å².